The maximum atomic E-state index is 11.8. The molecule has 1 aliphatic carbocycles. The highest BCUT2D eigenvalue weighted by atomic mass is 16.5. The monoisotopic (exact) mass is 272 g/mol. The molecule has 0 bridgehead atoms. The van der Waals surface area contributed by atoms with E-state index in [2.05, 4.69) is 17.6 Å². The molecule has 0 unspecified atom stereocenters. The van der Waals surface area contributed by atoms with Crippen LogP contribution in [0.3, 0.4) is 0 Å². The first-order chi connectivity index (χ1) is 9.09. The van der Waals surface area contributed by atoms with Crippen LogP contribution in [0.25, 0.3) is 0 Å². The van der Waals surface area contributed by atoms with Gasteiger partial charge in [-0.1, -0.05) is 26.2 Å². The molecule has 19 heavy (non-hydrogen) atoms. The van der Waals surface area contributed by atoms with E-state index in [4.69, 9.17) is 4.74 Å². The largest absolute Gasteiger partial charge is 0.394 e. The van der Waals surface area contributed by atoms with Crippen molar-refractivity contribution in [1.29, 1.82) is 0 Å². The topological polar surface area (TPSA) is 70.6 Å². The van der Waals surface area contributed by atoms with Crippen LogP contribution in [0.5, 0.6) is 0 Å². The van der Waals surface area contributed by atoms with Gasteiger partial charge in [-0.15, -0.1) is 0 Å². The summed E-state index contributed by atoms with van der Waals surface area (Å²) < 4.78 is 4.94. The number of aliphatic hydroxyl groups is 1. The third-order valence-corrected chi connectivity index (χ3v) is 3.96. The molecule has 0 radical (unpaired) electrons. The minimum Gasteiger partial charge on any atom is -0.394 e. The van der Waals surface area contributed by atoms with Crippen LogP contribution in [0, 0.1) is 5.41 Å². The molecule has 0 heterocycles. The molecule has 2 amide bonds. The van der Waals surface area contributed by atoms with Crippen molar-refractivity contribution in [3.63, 3.8) is 0 Å². The average Bonchev–Trinajstić information content (AvgIpc) is 2.42. The fraction of sp³-hybridized carbons (Fsp3) is 0.929. The summed E-state index contributed by atoms with van der Waals surface area (Å²) in [6.45, 7) is 3.42. The molecule has 1 atom stereocenters. The second-order valence-corrected chi connectivity index (χ2v) is 5.86. The summed E-state index contributed by atoms with van der Waals surface area (Å²) in [5.41, 5.74) is 0.233. The van der Waals surface area contributed by atoms with E-state index in [0.29, 0.717) is 19.6 Å². The molecule has 5 heteroatoms. The average molecular weight is 272 g/mol. The van der Waals surface area contributed by atoms with Crippen LogP contribution in [-0.4, -0.2) is 44.0 Å². The first kappa shape index (κ1) is 16.2. The Kier molecular flexibility index (Phi) is 7.16. The SMILES string of the molecule is COCC[C@@H](CO)NC(=O)NCC1(C)CCCCC1. The molecular formula is C14H28N2O3. The normalized spacial score (nSPS) is 19.7. The molecule has 0 aromatic heterocycles. The van der Waals surface area contributed by atoms with Crippen molar-refractivity contribution in [2.24, 2.45) is 5.41 Å². The summed E-state index contributed by atoms with van der Waals surface area (Å²) in [4.78, 5) is 11.8. The lowest BCUT2D eigenvalue weighted by atomic mass is 9.76. The Morgan fingerprint density at radius 1 is 1.37 bits per heavy atom. The number of aliphatic hydroxyl groups excluding tert-OH is 1. The van der Waals surface area contributed by atoms with Crippen LogP contribution in [0.4, 0.5) is 4.79 Å². The Hall–Kier alpha value is -0.810. The van der Waals surface area contributed by atoms with Gasteiger partial charge in [-0.25, -0.2) is 4.79 Å². The minimum atomic E-state index is -0.237. The van der Waals surface area contributed by atoms with Crippen molar-refractivity contribution < 1.29 is 14.6 Å². The van der Waals surface area contributed by atoms with Gasteiger partial charge in [0.1, 0.15) is 0 Å². The minimum absolute atomic E-state index is 0.0615. The van der Waals surface area contributed by atoms with E-state index in [0.717, 1.165) is 0 Å². The van der Waals surface area contributed by atoms with Gasteiger partial charge in [0.25, 0.3) is 0 Å². The van der Waals surface area contributed by atoms with Crippen molar-refractivity contribution in [2.45, 2.75) is 51.5 Å². The first-order valence-electron chi connectivity index (χ1n) is 7.24. The standard InChI is InChI=1S/C14H28N2O3/c1-14(7-4-3-5-8-14)11-15-13(18)16-12(10-17)6-9-19-2/h12,17H,3-11H2,1-2H3,(H2,15,16,18)/t12-/m0/s1. The lowest BCUT2D eigenvalue weighted by molar-refractivity contribution is 0.157. The third kappa shape index (κ3) is 6.25. The highest BCUT2D eigenvalue weighted by Crippen LogP contribution is 2.34. The number of nitrogens with one attached hydrogen (secondary N) is 2. The van der Waals surface area contributed by atoms with Crippen molar-refractivity contribution in [3.05, 3.63) is 0 Å². The van der Waals surface area contributed by atoms with Crippen molar-refractivity contribution in [1.82, 2.24) is 10.6 Å². The van der Waals surface area contributed by atoms with Crippen LogP contribution < -0.4 is 10.6 Å². The Morgan fingerprint density at radius 3 is 2.63 bits per heavy atom. The fourth-order valence-electron chi connectivity index (χ4n) is 2.58. The second kappa shape index (κ2) is 8.38. The van der Waals surface area contributed by atoms with Gasteiger partial charge in [0.2, 0.25) is 0 Å². The molecular weight excluding hydrogens is 244 g/mol. The van der Waals surface area contributed by atoms with Gasteiger partial charge in [-0.05, 0) is 24.7 Å². The smallest absolute Gasteiger partial charge is 0.315 e. The Labute approximate surface area is 116 Å². The van der Waals surface area contributed by atoms with Crippen molar-refractivity contribution in [3.8, 4) is 0 Å². The maximum absolute atomic E-state index is 11.8. The van der Waals surface area contributed by atoms with Gasteiger partial charge in [0.05, 0.1) is 12.6 Å². The number of urea groups is 1. The number of rotatable bonds is 7. The van der Waals surface area contributed by atoms with Gasteiger partial charge in [-0.2, -0.15) is 0 Å². The summed E-state index contributed by atoms with van der Waals surface area (Å²) in [5, 5.41) is 14.9. The maximum Gasteiger partial charge on any atom is 0.315 e. The number of carbonyl (C=O) groups excluding carboxylic acids is 1. The second-order valence-electron chi connectivity index (χ2n) is 5.86. The van der Waals surface area contributed by atoms with Gasteiger partial charge in [-0.3, -0.25) is 0 Å². The summed E-state index contributed by atoms with van der Waals surface area (Å²) in [7, 11) is 1.61. The van der Waals surface area contributed by atoms with E-state index in [1.54, 1.807) is 7.11 Å². The van der Waals surface area contributed by atoms with Gasteiger partial charge >= 0.3 is 6.03 Å². The number of carbonyl (C=O) groups is 1. The van der Waals surface area contributed by atoms with E-state index in [1.165, 1.54) is 32.1 Å². The highest BCUT2D eigenvalue weighted by Gasteiger charge is 2.27. The van der Waals surface area contributed by atoms with Gasteiger partial charge in [0, 0.05) is 20.3 Å². The Morgan fingerprint density at radius 2 is 2.05 bits per heavy atom. The zero-order chi connectivity index (χ0) is 14.1. The number of amides is 2. The molecule has 1 aliphatic rings. The quantitative estimate of drug-likeness (QED) is 0.660. The molecule has 0 saturated heterocycles. The van der Waals surface area contributed by atoms with E-state index < -0.39 is 0 Å². The van der Waals surface area contributed by atoms with Gasteiger partial charge in [0.15, 0.2) is 0 Å². The van der Waals surface area contributed by atoms with Crippen LogP contribution in [-0.2, 0) is 4.74 Å². The summed E-state index contributed by atoms with van der Waals surface area (Å²) in [6.07, 6.45) is 6.81. The summed E-state index contributed by atoms with van der Waals surface area (Å²) >= 11 is 0. The summed E-state index contributed by atoms with van der Waals surface area (Å²) in [5.74, 6) is 0. The number of ether oxygens (including phenoxy) is 1. The lowest BCUT2D eigenvalue weighted by Gasteiger charge is -2.33. The molecule has 1 fully saturated rings. The zero-order valence-corrected chi connectivity index (χ0v) is 12.2. The molecule has 0 aromatic rings. The highest BCUT2D eigenvalue weighted by molar-refractivity contribution is 5.74. The number of methoxy groups -OCH3 is 1. The van der Waals surface area contributed by atoms with Crippen LogP contribution in [0.1, 0.15) is 45.4 Å². The number of hydrogen-bond acceptors (Lipinski definition) is 3. The van der Waals surface area contributed by atoms with Crippen molar-refractivity contribution >= 4 is 6.03 Å². The van der Waals surface area contributed by atoms with Gasteiger partial charge < -0.3 is 20.5 Å². The van der Waals surface area contributed by atoms with Crippen LogP contribution in [0.2, 0.25) is 0 Å². The van der Waals surface area contributed by atoms with E-state index in [1.807, 2.05) is 0 Å². The lowest BCUT2D eigenvalue weighted by Crippen LogP contribution is -2.47. The molecule has 0 aromatic carbocycles. The van der Waals surface area contributed by atoms with Crippen LogP contribution >= 0.6 is 0 Å². The van der Waals surface area contributed by atoms with E-state index in [-0.39, 0.29) is 24.1 Å². The number of hydrogen-bond donors (Lipinski definition) is 3. The predicted molar refractivity (Wildman–Crippen MR) is 75.1 cm³/mol. The molecule has 0 spiro atoms. The van der Waals surface area contributed by atoms with E-state index >= 15 is 0 Å². The zero-order valence-electron chi connectivity index (χ0n) is 12.2. The molecule has 112 valence electrons. The molecule has 1 saturated carbocycles. The first-order valence-corrected chi connectivity index (χ1v) is 7.24. The van der Waals surface area contributed by atoms with Crippen molar-refractivity contribution in [2.75, 3.05) is 26.9 Å². The predicted octanol–water partition coefficient (Wildman–Crippen LogP) is 1.65. The Bertz CT molecular complexity index is 265. The molecule has 3 N–H and O–H groups in total. The third-order valence-electron chi connectivity index (χ3n) is 3.96. The fourth-order valence-corrected chi connectivity index (χ4v) is 2.58. The molecule has 0 aliphatic heterocycles. The van der Waals surface area contributed by atoms with E-state index in [9.17, 15) is 9.90 Å². The summed E-state index contributed by atoms with van der Waals surface area (Å²) in [6, 6.07) is -0.430. The Balaban J connectivity index is 2.25. The molecule has 1 rings (SSSR count). The van der Waals surface area contributed by atoms with Crippen LogP contribution in [0.15, 0.2) is 0 Å². The molecule has 5 nitrogen and oxygen atoms in total.